The molecule has 0 saturated heterocycles. The molecule has 4 heteroatoms. The highest BCUT2D eigenvalue weighted by Crippen LogP contribution is 2.43. The van der Waals surface area contributed by atoms with Gasteiger partial charge in [-0.2, -0.15) is 5.10 Å². The first-order valence-electron chi connectivity index (χ1n) is 8.07. The normalized spacial score (nSPS) is 13.2. The molecule has 0 N–H and O–H groups in total. The van der Waals surface area contributed by atoms with Gasteiger partial charge in [-0.1, -0.05) is 48.9 Å². The summed E-state index contributed by atoms with van der Waals surface area (Å²) in [6.45, 7) is 4.31. The Morgan fingerprint density at radius 2 is 1.67 bits per heavy atom. The molecule has 2 heterocycles. The molecule has 1 aliphatic rings. The van der Waals surface area contributed by atoms with Gasteiger partial charge in [0.2, 0.25) is 0 Å². The number of ether oxygens (including phenoxy) is 2. The van der Waals surface area contributed by atoms with E-state index in [1.165, 1.54) is 11.1 Å². The minimum atomic E-state index is 0.356. The second kappa shape index (κ2) is 5.96. The number of aryl methyl sites for hydroxylation is 1. The van der Waals surface area contributed by atoms with Gasteiger partial charge in [-0.15, -0.1) is 5.10 Å². The van der Waals surface area contributed by atoms with Crippen molar-refractivity contribution in [2.75, 3.05) is 0 Å². The Morgan fingerprint density at radius 1 is 0.875 bits per heavy atom. The maximum absolute atomic E-state index is 5.90. The molecule has 0 fully saturated rings. The largest absolute Gasteiger partial charge is 0.448 e. The summed E-state index contributed by atoms with van der Waals surface area (Å²) in [7, 11) is 0. The second-order valence-corrected chi connectivity index (χ2v) is 6.18. The predicted molar refractivity (Wildman–Crippen MR) is 91.9 cm³/mol. The third-order valence-corrected chi connectivity index (χ3v) is 4.18. The van der Waals surface area contributed by atoms with Crippen molar-refractivity contribution in [1.29, 1.82) is 0 Å². The predicted octanol–water partition coefficient (Wildman–Crippen LogP) is 5.03. The zero-order valence-electron chi connectivity index (χ0n) is 13.7. The van der Waals surface area contributed by atoms with Crippen LogP contribution in [0.2, 0.25) is 0 Å². The van der Waals surface area contributed by atoms with Crippen LogP contribution in [0.3, 0.4) is 0 Å². The maximum atomic E-state index is 5.90. The van der Waals surface area contributed by atoms with Gasteiger partial charge in [-0.25, -0.2) is 0 Å². The van der Waals surface area contributed by atoms with Crippen LogP contribution in [0, 0.1) is 6.92 Å². The fraction of sp³-hybridized carbons (Fsp3) is 0.200. The Kier molecular flexibility index (Phi) is 3.65. The van der Waals surface area contributed by atoms with Crippen molar-refractivity contribution in [3.8, 4) is 23.1 Å². The average Bonchev–Trinajstić information content (AvgIpc) is 2.60. The highest BCUT2D eigenvalue weighted by Gasteiger charge is 2.21. The van der Waals surface area contributed by atoms with Gasteiger partial charge in [0.1, 0.15) is 0 Å². The van der Waals surface area contributed by atoms with Crippen molar-refractivity contribution in [2.45, 2.75) is 26.2 Å². The molecular weight excluding hydrogens is 300 g/mol. The van der Waals surface area contributed by atoms with Gasteiger partial charge >= 0.3 is 0 Å². The second-order valence-electron chi connectivity index (χ2n) is 6.18. The van der Waals surface area contributed by atoms with Crippen LogP contribution in [0.25, 0.3) is 0 Å². The van der Waals surface area contributed by atoms with Gasteiger partial charge in [0.25, 0.3) is 5.88 Å². The molecular formula is C20H18N2O2. The summed E-state index contributed by atoms with van der Waals surface area (Å²) in [6.07, 6.45) is 0.800. The molecule has 0 bridgehead atoms. The highest BCUT2D eigenvalue weighted by molar-refractivity contribution is 5.51. The van der Waals surface area contributed by atoms with E-state index in [4.69, 9.17) is 9.47 Å². The molecule has 0 aliphatic carbocycles. The molecule has 2 aromatic carbocycles. The summed E-state index contributed by atoms with van der Waals surface area (Å²) in [5, 5.41) is 8.48. The fourth-order valence-corrected chi connectivity index (χ4v) is 2.89. The van der Waals surface area contributed by atoms with Gasteiger partial charge < -0.3 is 9.47 Å². The molecule has 0 spiro atoms. The van der Waals surface area contributed by atoms with E-state index >= 15 is 0 Å². The molecule has 1 aliphatic heterocycles. The number of nitrogens with zero attached hydrogens (tertiary/aromatic N) is 2. The molecule has 1 unspecified atom stereocenters. The summed E-state index contributed by atoms with van der Waals surface area (Å²) < 4.78 is 11.6. The third kappa shape index (κ3) is 2.83. The Bertz CT molecular complexity index is 892. The van der Waals surface area contributed by atoms with E-state index in [0.29, 0.717) is 29.0 Å². The number of rotatable bonds is 3. The Morgan fingerprint density at radius 3 is 2.46 bits per heavy atom. The lowest BCUT2D eigenvalue weighted by atomic mass is 9.95. The highest BCUT2D eigenvalue weighted by atomic mass is 16.6. The van der Waals surface area contributed by atoms with E-state index in [9.17, 15) is 0 Å². The van der Waals surface area contributed by atoms with E-state index in [1.54, 1.807) is 0 Å². The first-order chi connectivity index (χ1) is 11.7. The van der Waals surface area contributed by atoms with Gasteiger partial charge in [-0.05, 0) is 37.0 Å². The maximum Gasteiger partial charge on any atom is 0.282 e. The minimum absolute atomic E-state index is 0.356. The fourth-order valence-electron chi connectivity index (χ4n) is 2.89. The smallest absolute Gasteiger partial charge is 0.282 e. The zero-order valence-corrected chi connectivity index (χ0v) is 13.7. The molecule has 1 atom stereocenters. The van der Waals surface area contributed by atoms with E-state index in [0.717, 1.165) is 12.1 Å². The van der Waals surface area contributed by atoms with Crippen molar-refractivity contribution in [2.24, 2.45) is 0 Å². The Labute approximate surface area is 141 Å². The van der Waals surface area contributed by atoms with E-state index in [1.807, 2.05) is 30.3 Å². The van der Waals surface area contributed by atoms with Gasteiger partial charge in [0.15, 0.2) is 17.2 Å². The standard InChI is InChI=1S/C20H18N2O2/c1-13-6-5-7-15(10-13)14(2)11-16-12-19-20(22-21-16)24-18-9-4-3-8-17(18)23-19/h3-10,12,14H,11H2,1-2H3. The van der Waals surface area contributed by atoms with E-state index in [-0.39, 0.29) is 0 Å². The van der Waals surface area contributed by atoms with Crippen molar-refractivity contribution >= 4 is 0 Å². The summed E-state index contributed by atoms with van der Waals surface area (Å²) in [6, 6.07) is 18.0. The number of fused-ring (bicyclic) bond motifs is 2. The average molecular weight is 318 g/mol. The first-order valence-corrected chi connectivity index (χ1v) is 8.07. The van der Waals surface area contributed by atoms with Crippen LogP contribution < -0.4 is 9.47 Å². The number of benzene rings is 2. The van der Waals surface area contributed by atoms with Crippen LogP contribution in [0.4, 0.5) is 0 Å². The quantitative estimate of drug-likeness (QED) is 0.531. The number of hydrogen-bond acceptors (Lipinski definition) is 4. The topological polar surface area (TPSA) is 44.2 Å². The van der Waals surface area contributed by atoms with Crippen LogP contribution in [0.5, 0.6) is 23.1 Å². The Hall–Kier alpha value is -2.88. The number of hydrogen-bond donors (Lipinski definition) is 0. The van der Waals surface area contributed by atoms with E-state index < -0.39 is 0 Å². The molecule has 0 saturated carbocycles. The van der Waals surface area contributed by atoms with Crippen LogP contribution in [-0.2, 0) is 6.42 Å². The monoisotopic (exact) mass is 318 g/mol. The van der Waals surface area contributed by atoms with Crippen LogP contribution >= 0.6 is 0 Å². The van der Waals surface area contributed by atoms with Gasteiger partial charge in [0, 0.05) is 6.07 Å². The molecule has 0 amide bonds. The van der Waals surface area contributed by atoms with Crippen molar-refractivity contribution < 1.29 is 9.47 Å². The molecule has 4 nitrogen and oxygen atoms in total. The first kappa shape index (κ1) is 14.7. The molecule has 0 radical (unpaired) electrons. The van der Waals surface area contributed by atoms with Gasteiger partial charge in [0.05, 0.1) is 5.69 Å². The lowest BCUT2D eigenvalue weighted by Gasteiger charge is -2.19. The molecule has 1 aromatic heterocycles. The summed E-state index contributed by atoms with van der Waals surface area (Å²) in [5.74, 6) is 2.76. The molecule has 4 rings (SSSR count). The van der Waals surface area contributed by atoms with Crippen molar-refractivity contribution in [1.82, 2.24) is 10.2 Å². The van der Waals surface area contributed by atoms with E-state index in [2.05, 4.69) is 48.3 Å². The Balaban J connectivity index is 1.56. The van der Waals surface area contributed by atoms with Gasteiger partial charge in [-0.3, -0.25) is 0 Å². The van der Waals surface area contributed by atoms with Crippen molar-refractivity contribution in [3.05, 3.63) is 71.4 Å². The zero-order chi connectivity index (χ0) is 16.5. The lowest BCUT2D eigenvalue weighted by molar-refractivity contribution is 0.342. The molecule has 24 heavy (non-hydrogen) atoms. The van der Waals surface area contributed by atoms with Crippen molar-refractivity contribution in [3.63, 3.8) is 0 Å². The van der Waals surface area contributed by atoms with Crippen LogP contribution in [-0.4, -0.2) is 10.2 Å². The number of para-hydroxylation sites is 2. The summed E-state index contributed by atoms with van der Waals surface area (Å²) in [5.41, 5.74) is 3.46. The summed E-state index contributed by atoms with van der Waals surface area (Å²) >= 11 is 0. The lowest BCUT2D eigenvalue weighted by Crippen LogP contribution is -2.06. The number of aromatic nitrogens is 2. The molecule has 120 valence electrons. The van der Waals surface area contributed by atoms with Crippen LogP contribution in [0.1, 0.15) is 29.7 Å². The summed E-state index contributed by atoms with van der Waals surface area (Å²) in [4.78, 5) is 0. The van der Waals surface area contributed by atoms with Crippen LogP contribution in [0.15, 0.2) is 54.6 Å². The minimum Gasteiger partial charge on any atom is -0.448 e. The molecule has 3 aromatic rings. The third-order valence-electron chi connectivity index (χ3n) is 4.18. The SMILES string of the molecule is Cc1cccc(C(C)Cc2cc3c(nn2)Oc2ccccc2O3)c1.